The maximum Gasteiger partial charge on any atom is 0.260 e. The van der Waals surface area contributed by atoms with Gasteiger partial charge in [0.05, 0.1) is 13.3 Å². The van der Waals surface area contributed by atoms with Gasteiger partial charge in [0.25, 0.3) is 11.8 Å². The number of rotatable bonds is 5. The Morgan fingerprint density at radius 2 is 2.21 bits per heavy atom. The number of methoxy groups -OCH3 is 1. The summed E-state index contributed by atoms with van der Waals surface area (Å²) in [5.74, 6) is -1.65. The van der Waals surface area contributed by atoms with E-state index in [2.05, 4.69) is 9.97 Å². The molecule has 1 heterocycles. The molecular formula is C15H10ClFN4O3. The molecule has 0 spiro atoms. The molecule has 0 saturated carbocycles. The molecule has 0 aliphatic carbocycles. The number of halogens is 2. The van der Waals surface area contributed by atoms with Gasteiger partial charge in [0.1, 0.15) is 11.6 Å². The van der Waals surface area contributed by atoms with Crippen molar-refractivity contribution in [3.8, 4) is 23.4 Å². The van der Waals surface area contributed by atoms with Gasteiger partial charge in [-0.05, 0) is 35.4 Å². The average molecular weight is 349 g/mol. The van der Waals surface area contributed by atoms with E-state index >= 15 is 0 Å². The predicted octanol–water partition coefficient (Wildman–Crippen LogP) is 2.46. The largest absolute Gasteiger partial charge is 0.493 e. The first-order chi connectivity index (χ1) is 11.4. The number of primary amides is 1. The number of nitrogens with two attached hydrogens (primary N) is 1. The van der Waals surface area contributed by atoms with Gasteiger partial charge >= 0.3 is 0 Å². The Hall–Kier alpha value is -3.18. The highest BCUT2D eigenvalue weighted by Crippen LogP contribution is 2.33. The van der Waals surface area contributed by atoms with Crippen molar-refractivity contribution >= 4 is 23.6 Å². The van der Waals surface area contributed by atoms with Crippen molar-refractivity contribution in [3.05, 3.63) is 46.6 Å². The summed E-state index contributed by atoms with van der Waals surface area (Å²) in [6, 6.07) is 6.15. The number of hydrogen-bond acceptors (Lipinski definition) is 6. The molecular weight excluding hydrogens is 339 g/mol. The normalized spacial score (nSPS) is 10.8. The first-order valence-corrected chi connectivity index (χ1v) is 6.78. The van der Waals surface area contributed by atoms with Crippen LogP contribution < -0.4 is 15.2 Å². The first-order valence-electron chi connectivity index (χ1n) is 6.40. The fourth-order valence-corrected chi connectivity index (χ4v) is 1.82. The SMILES string of the molecule is COc1cc(C=C(C#N)C(N)=O)ccc1Oc1nc(Cl)ncc1F. The Kier molecular flexibility index (Phi) is 5.29. The fraction of sp³-hybridized carbons (Fsp3) is 0.0667. The summed E-state index contributed by atoms with van der Waals surface area (Å²) < 4.78 is 24.1. The number of aromatic nitrogens is 2. The maximum absolute atomic E-state index is 13.6. The molecule has 0 radical (unpaired) electrons. The van der Waals surface area contributed by atoms with Crippen molar-refractivity contribution in [1.82, 2.24) is 9.97 Å². The topological polar surface area (TPSA) is 111 Å². The van der Waals surface area contributed by atoms with E-state index in [1.165, 1.54) is 31.4 Å². The van der Waals surface area contributed by atoms with E-state index in [0.29, 0.717) is 5.56 Å². The number of ether oxygens (including phenoxy) is 2. The lowest BCUT2D eigenvalue weighted by atomic mass is 10.1. The van der Waals surface area contributed by atoms with Crippen LogP contribution in [-0.4, -0.2) is 23.0 Å². The number of benzene rings is 1. The van der Waals surface area contributed by atoms with Gasteiger partial charge in [-0.25, -0.2) is 4.98 Å². The number of amides is 1. The van der Waals surface area contributed by atoms with E-state index in [1.807, 2.05) is 0 Å². The zero-order valence-electron chi connectivity index (χ0n) is 12.3. The molecule has 122 valence electrons. The second-order valence-corrected chi connectivity index (χ2v) is 4.68. The van der Waals surface area contributed by atoms with Gasteiger partial charge in [-0.1, -0.05) is 6.07 Å². The Bertz CT molecular complexity index is 864. The van der Waals surface area contributed by atoms with E-state index in [0.717, 1.165) is 6.20 Å². The molecule has 1 amide bonds. The summed E-state index contributed by atoms with van der Waals surface area (Å²) in [6.07, 6.45) is 2.16. The van der Waals surface area contributed by atoms with Crippen molar-refractivity contribution < 1.29 is 18.7 Å². The standard InChI is InChI=1S/C15H10ClFN4O3/c1-23-12-5-8(4-9(6-18)13(19)22)2-3-11(12)24-14-10(17)7-20-15(16)21-14/h2-5,7H,1H3,(H2,19,22). The Morgan fingerprint density at radius 3 is 2.83 bits per heavy atom. The molecule has 0 atom stereocenters. The Balaban J connectivity index is 2.38. The minimum absolute atomic E-state index is 0.154. The molecule has 1 aromatic heterocycles. The van der Waals surface area contributed by atoms with Crippen LogP contribution in [0.25, 0.3) is 6.08 Å². The maximum atomic E-state index is 13.6. The molecule has 9 heteroatoms. The van der Waals surface area contributed by atoms with Gasteiger partial charge in [-0.3, -0.25) is 4.79 Å². The third-order valence-electron chi connectivity index (χ3n) is 2.77. The van der Waals surface area contributed by atoms with Gasteiger partial charge in [0.15, 0.2) is 11.5 Å². The molecule has 0 aliphatic rings. The molecule has 1 aromatic carbocycles. The van der Waals surface area contributed by atoms with Crippen LogP contribution in [0.2, 0.25) is 5.28 Å². The quantitative estimate of drug-likeness (QED) is 0.504. The van der Waals surface area contributed by atoms with Crippen molar-refractivity contribution in [3.63, 3.8) is 0 Å². The number of carbonyl (C=O) groups excluding carboxylic acids is 1. The van der Waals surface area contributed by atoms with E-state index in [1.54, 1.807) is 6.07 Å². The van der Waals surface area contributed by atoms with E-state index in [4.69, 9.17) is 32.1 Å². The highest BCUT2D eigenvalue weighted by Gasteiger charge is 2.13. The molecule has 0 fully saturated rings. The van der Waals surface area contributed by atoms with Gasteiger partial charge in [0, 0.05) is 0 Å². The van der Waals surface area contributed by atoms with Crippen LogP contribution in [0.3, 0.4) is 0 Å². The minimum Gasteiger partial charge on any atom is -0.493 e. The molecule has 0 bridgehead atoms. The molecule has 2 rings (SSSR count). The molecule has 0 unspecified atom stereocenters. The predicted molar refractivity (Wildman–Crippen MR) is 82.9 cm³/mol. The van der Waals surface area contributed by atoms with Crippen LogP contribution in [0.4, 0.5) is 4.39 Å². The third kappa shape index (κ3) is 3.97. The van der Waals surface area contributed by atoms with Crippen molar-refractivity contribution in [1.29, 1.82) is 5.26 Å². The van der Waals surface area contributed by atoms with Gasteiger partial charge in [-0.2, -0.15) is 14.6 Å². The van der Waals surface area contributed by atoms with Crippen LogP contribution in [0.15, 0.2) is 30.0 Å². The summed E-state index contributed by atoms with van der Waals surface area (Å²) in [6.45, 7) is 0. The second kappa shape index (κ2) is 7.39. The smallest absolute Gasteiger partial charge is 0.260 e. The van der Waals surface area contributed by atoms with E-state index in [9.17, 15) is 9.18 Å². The van der Waals surface area contributed by atoms with Crippen LogP contribution >= 0.6 is 11.6 Å². The van der Waals surface area contributed by atoms with Crippen LogP contribution in [0, 0.1) is 17.1 Å². The highest BCUT2D eigenvalue weighted by atomic mass is 35.5. The highest BCUT2D eigenvalue weighted by molar-refractivity contribution is 6.28. The first kappa shape index (κ1) is 17.2. The average Bonchev–Trinajstić information content (AvgIpc) is 2.56. The lowest BCUT2D eigenvalue weighted by Crippen LogP contribution is -2.12. The monoisotopic (exact) mass is 348 g/mol. The number of hydrogen-bond donors (Lipinski definition) is 1. The Labute approximate surface area is 141 Å². The van der Waals surface area contributed by atoms with Crippen molar-refractivity contribution in [2.45, 2.75) is 0 Å². The summed E-state index contributed by atoms with van der Waals surface area (Å²) in [7, 11) is 1.37. The van der Waals surface area contributed by atoms with E-state index < -0.39 is 11.7 Å². The van der Waals surface area contributed by atoms with Crippen LogP contribution in [0.1, 0.15) is 5.56 Å². The van der Waals surface area contributed by atoms with Crippen molar-refractivity contribution in [2.24, 2.45) is 5.73 Å². The number of nitriles is 1. The van der Waals surface area contributed by atoms with Gasteiger partial charge < -0.3 is 15.2 Å². The summed E-state index contributed by atoms with van der Waals surface area (Å²) in [5, 5.41) is 8.67. The summed E-state index contributed by atoms with van der Waals surface area (Å²) in [5.41, 5.74) is 5.32. The van der Waals surface area contributed by atoms with Gasteiger partial charge in [0.2, 0.25) is 11.1 Å². The van der Waals surface area contributed by atoms with E-state index in [-0.39, 0.29) is 28.2 Å². The van der Waals surface area contributed by atoms with Crippen LogP contribution in [-0.2, 0) is 4.79 Å². The lowest BCUT2D eigenvalue weighted by Gasteiger charge is -2.10. The van der Waals surface area contributed by atoms with Gasteiger partial charge in [-0.15, -0.1) is 0 Å². The second-order valence-electron chi connectivity index (χ2n) is 4.34. The minimum atomic E-state index is -0.852. The zero-order chi connectivity index (χ0) is 17.7. The summed E-state index contributed by atoms with van der Waals surface area (Å²) in [4.78, 5) is 18.2. The molecule has 24 heavy (non-hydrogen) atoms. The molecule has 0 aliphatic heterocycles. The molecule has 2 aromatic rings. The third-order valence-corrected chi connectivity index (χ3v) is 2.96. The number of nitrogens with zero attached hydrogens (tertiary/aromatic N) is 3. The molecule has 2 N–H and O–H groups in total. The zero-order valence-corrected chi connectivity index (χ0v) is 13.0. The fourth-order valence-electron chi connectivity index (χ4n) is 1.69. The van der Waals surface area contributed by atoms with Crippen LogP contribution in [0.5, 0.6) is 17.4 Å². The summed E-state index contributed by atoms with van der Waals surface area (Å²) >= 11 is 5.60. The molecule has 0 saturated heterocycles. The van der Waals surface area contributed by atoms with Crippen molar-refractivity contribution in [2.75, 3.05) is 7.11 Å². The Morgan fingerprint density at radius 1 is 1.46 bits per heavy atom. The molecule has 7 nitrogen and oxygen atoms in total. The number of carbonyl (C=O) groups is 1. The lowest BCUT2D eigenvalue weighted by molar-refractivity contribution is -0.114.